The van der Waals surface area contributed by atoms with Gasteiger partial charge in [-0.15, -0.1) is 0 Å². The molecule has 2 N–H and O–H groups in total. The molecule has 1 aromatic carbocycles. The molecular weight excluding hydrogens is 302 g/mol. The molecule has 0 aromatic heterocycles. The average Bonchev–Trinajstić information content (AvgIpc) is 2.36. The van der Waals surface area contributed by atoms with Gasteiger partial charge in [0.15, 0.2) is 0 Å². The second-order valence-corrected chi connectivity index (χ2v) is 6.05. The van der Waals surface area contributed by atoms with Crippen LogP contribution in [0.25, 0.3) is 0 Å². The lowest BCUT2D eigenvalue weighted by atomic mass is 10.0. The van der Waals surface area contributed by atoms with Gasteiger partial charge in [0.25, 0.3) is 0 Å². The largest absolute Gasteiger partial charge is 0.493 e. The van der Waals surface area contributed by atoms with E-state index >= 15 is 0 Å². The van der Waals surface area contributed by atoms with Crippen molar-refractivity contribution < 1.29 is 4.74 Å². The Kier molecular flexibility index (Phi) is 7.47. The Morgan fingerprint density at radius 3 is 2.63 bits per heavy atom. The van der Waals surface area contributed by atoms with Crippen molar-refractivity contribution in [2.24, 2.45) is 5.73 Å². The van der Waals surface area contributed by atoms with Gasteiger partial charge in [-0.1, -0.05) is 42.6 Å². The van der Waals surface area contributed by atoms with Crippen molar-refractivity contribution in [3.63, 3.8) is 0 Å². The molecule has 1 rings (SSSR count). The first kappa shape index (κ1) is 16.5. The fourth-order valence-electron chi connectivity index (χ4n) is 2.11. The summed E-state index contributed by atoms with van der Waals surface area (Å²) in [5.74, 6) is 1.03. The lowest BCUT2D eigenvalue weighted by Gasteiger charge is -2.17. The molecule has 0 radical (unpaired) electrons. The van der Waals surface area contributed by atoms with E-state index in [0.717, 1.165) is 36.1 Å². The van der Waals surface area contributed by atoms with Gasteiger partial charge in [-0.3, -0.25) is 0 Å². The minimum Gasteiger partial charge on any atom is -0.493 e. The maximum atomic E-state index is 6.08. The lowest BCUT2D eigenvalue weighted by molar-refractivity contribution is 0.300. The van der Waals surface area contributed by atoms with Crippen LogP contribution in [0.4, 0.5) is 0 Å². The van der Waals surface area contributed by atoms with E-state index in [1.807, 2.05) is 0 Å². The zero-order valence-electron chi connectivity index (χ0n) is 12.3. The Balaban J connectivity index is 2.80. The molecule has 0 saturated carbocycles. The summed E-state index contributed by atoms with van der Waals surface area (Å²) in [5, 5.41) is 0. The maximum absolute atomic E-state index is 6.08. The van der Waals surface area contributed by atoms with Gasteiger partial charge in [0, 0.05) is 10.5 Å². The molecular formula is C16H26BrNO. The van der Waals surface area contributed by atoms with Crippen molar-refractivity contribution in [2.75, 3.05) is 6.61 Å². The van der Waals surface area contributed by atoms with Gasteiger partial charge in [-0.05, 0) is 49.4 Å². The number of aryl methyl sites for hydroxylation is 1. The molecule has 0 bridgehead atoms. The standard InChI is InChI=1S/C16H26BrNO/c1-4-6-7-8-19-16-12(3)9-14(17)10-13(16)11-15(18)5-2/h9-10,15H,4-8,11,18H2,1-3H3. The average molecular weight is 328 g/mol. The molecule has 0 amide bonds. The molecule has 0 fully saturated rings. The van der Waals surface area contributed by atoms with Crippen LogP contribution in [0.15, 0.2) is 16.6 Å². The van der Waals surface area contributed by atoms with E-state index in [-0.39, 0.29) is 6.04 Å². The van der Waals surface area contributed by atoms with Crippen LogP contribution in [-0.4, -0.2) is 12.6 Å². The minimum absolute atomic E-state index is 0.201. The minimum atomic E-state index is 0.201. The number of ether oxygens (including phenoxy) is 1. The third kappa shape index (κ3) is 5.53. The Morgan fingerprint density at radius 2 is 2.00 bits per heavy atom. The highest BCUT2D eigenvalue weighted by atomic mass is 79.9. The van der Waals surface area contributed by atoms with E-state index in [9.17, 15) is 0 Å². The van der Waals surface area contributed by atoms with Gasteiger partial charge < -0.3 is 10.5 Å². The summed E-state index contributed by atoms with van der Waals surface area (Å²) < 4.78 is 7.10. The summed E-state index contributed by atoms with van der Waals surface area (Å²) in [4.78, 5) is 0. The first-order valence-corrected chi connectivity index (χ1v) is 8.05. The van der Waals surface area contributed by atoms with Crippen LogP contribution in [0.1, 0.15) is 50.7 Å². The van der Waals surface area contributed by atoms with E-state index in [4.69, 9.17) is 10.5 Å². The molecule has 1 atom stereocenters. The van der Waals surface area contributed by atoms with Gasteiger partial charge in [-0.2, -0.15) is 0 Å². The number of rotatable bonds is 8. The van der Waals surface area contributed by atoms with Gasteiger partial charge in [-0.25, -0.2) is 0 Å². The summed E-state index contributed by atoms with van der Waals surface area (Å²) in [5.41, 5.74) is 8.48. The van der Waals surface area contributed by atoms with E-state index < -0.39 is 0 Å². The molecule has 108 valence electrons. The number of nitrogens with two attached hydrogens (primary N) is 1. The molecule has 1 unspecified atom stereocenters. The molecule has 3 heteroatoms. The predicted molar refractivity (Wildman–Crippen MR) is 85.9 cm³/mol. The summed E-state index contributed by atoms with van der Waals surface area (Å²) in [7, 11) is 0. The molecule has 0 spiro atoms. The highest BCUT2D eigenvalue weighted by Crippen LogP contribution is 2.29. The van der Waals surface area contributed by atoms with Gasteiger partial charge in [0.05, 0.1) is 6.61 Å². The molecule has 0 aliphatic rings. The van der Waals surface area contributed by atoms with Crippen LogP contribution >= 0.6 is 15.9 Å². The predicted octanol–water partition coefficient (Wildman–Crippen LogP) is 4.61. The summed E-state index contributed by atoms with van der Waals surface area (Å²) in [6.07, 6.45) is 5.42. The quantitative estimate of drug-likeness (QED) is 0.708. The number of hydrogen-bond acceptors (Lipinski definition) is 2. The Morgan fingerprint density at radius 1 is 1.26 bits per heavy atom. The second-order valence-electron chi connectivity index (χ2n) is 5.14. The van der Waals surface area contributed by atoms with Crippen LogP contribution in [0, 0.1) is 6.92 Å². The molecule has 0 aliphatic heterocycles. The van der Waals surface area contributed by atoms with Gasteiger partial charge >= 0.3 is 0 Å². The van der Waals surface area contributed by atoms with E-state index in [0.29, 0.717) is 0 Å². The van der Waals surface area contributed by atoms with Crippen molar-refractivity contribution in [1.82, 2.24) is 0 Å². The number of hydrogen-bond donors (Lipinski definition) is 1. The third-order valence-electron chi connectivity index (χ3n) is 3.32. The zero-order valence-corrected chi connectivity index (χ0v) is 13.9. The van der Waals surface area contributed by atoms with Crippen LogP contribution < -0.4 is 10.5 Å². The fraction of sp³-hybridized carbons (Fsp3) is 0.625. The molecule has 0 heterocycles. The van der Waals surface area contributed by atoms with Crippen LogP contribution in [0.2, 0.25) is 0 Å². The normalized spacial score (nSPS) is 12.5. The first-order valence-electron chi connectivity index (χ1n) is 7.25. The first-order chi connectivity index (χ1) is 9.08. The zero-order chi connectivity index (χ0) is 14.3. The highest BCUT2D eigenvalue weighted by molar-refractivity contribution is 9.10. The second kappa shape index (κ2) is 8.60. The molecule has 2 nitrogen and oxygen atoms in total. The van der Waals surface area contributed by atoms with E-state index in [1.165, 1.54) is 24.0 Å². The van der Waals surface area contributed by atoms with Crippen LogP contribution in [-0.2, 0) is 6.42 Å². The van der Waals surface area contributed by atoms with Gasteiger partial charge in [0.2, 0.25) is 0 Å². The van der Waals surface area contributed by atoms with Crippen LogP contribution in [0.3, 0.4) is 0 Å². The van der Waals surface area contributed by atoms with Gasteiger partial charge in [0.1, 0.15) is 5.75 Å². The number of benzene rings is 1. The SMILES string of the molecule is CCCCCOc1c(C)cc(Br)cc1CC(N)CC. The van der Waals surface area contributed by atoms with Crippen LogP contribution in [0.5, 0.6) is 5.75 Å². The maximum Gasteiger partial charge on any atom is 0.125 e. The molecule has 19 heavy (non-hydrogen) atoms. The molecule has 0 aliphatic carbocycles. The Hall–Kier alpha value is -0.540. The Bertz CT molecular complexity index is 393. The number of halogens is 1. The smallest absolute Gasteiger partial charge is 0.125 e. The topological polar surface area (TPSA) is 35.2 Å². The lowest BCUT2D eigenvalue weighted by Crippen LogP contribution is -2.22. The molecule has 1 aromatic rings. The molecule has 0 saturated heterocycles. The fourth-order valence-corrected chi connectivity index (χ4v) is 2.73. The van der Waals surface area contributed by atoms with E-state index in [2.05, 4.69) is 48.8 Å². The third-order valence-corrected chi connectivity index (χ3v) is 3.77. The van der Waals surface area contributed by atoms with Crippen molar-refractivity contribution in [3.8, 4) is 5.75 Å². The number of unbranched alkanes of at least 4 members (excludes halogenated alkanes) is 2. The van der Waals surface area contributed by atoms with Crippen molar-refractivity contribution in [2.45, 2.75) is 58.9 Å². The van der Waals surface area contributed by atoms with Crippen molar-refractivity contribution in [3.05, 3.63) is 27.7 Å². The summed E-state index contributed by atoms with van der Waals surface area (Å²) >= 11 is 3.56. The Labute approximate surface area is 125 Å². The summed E-state index contributed by atoms with van der Waals surface area (Å²) in [6, 6.07) is 4.44. The summed E-state index contributed by atoms with van der Waals surface area (Å²) in [6.45, 7) is 7.22. The monoisotopic (exact) mass is 327 g/mol. The van der Waals surface area contributed by atoms with E-state index in [1.54, 1.807) is 0 Å². The van der Waals surface area contributed by atoms with Crippen molar-refractivity contribution in [1.29, 1.82) is 0 Å². The van der Waals surface area contributed by atoms with Crippen molar-refractivity contribution >= 4 is 15.9 Å². The highest BCUT2D eigenvalue weighted by Gasteiger charge is 2.12.